The van der Waals surface area contributed by atoms with Gasteiger partial charge in [-0.1, -0.05) is 43.3 Å². The number of rotatable bonds is 6. The average Bonchev–Trinajstić information content (AvgIpc) is 3.12. The molecule has 1 aliphatic heterocycles. The first-order valence-corrected chi connectivity index (χ1v) is 9.53. The van der Waals surface area contributed by atoms with Gasteiger partial charge in [0.15, 0.2) is 5.69 Å². The second-order valence-corrected chi connectivity index (χ2v) is 7.58. The molecule has 1 saturated heterocycles. The molecule has 1 aromatic carbocycles. The van der Waals surface area contributed by atoms with E-state index in [9.17, 15) is 4.79 Å². The van der Waals surface area contributed by atoms with E-state index in [4.69, 9.17) is 0 Å². The van der Waals surface area contributed by atoms with Crippen LogP contribution in [0.2, 0.25) is 0 Å². The van der Waals surface area contributed by atoms with Gasteiger partial charge in [0, 0.05) is 0 Å². The fourth-order valence-corrected chi connectivity index (χ4v) is 3.58. The van der Waals surface area contributed by atoms with Crippen LogP contribution in [0.1, 0.15) is 66.8 Å². The highest BCUT2D eigenvalue weighted by Gasteiger charge is 2.22. The normalized spacial score (nSPS) is 16.0. The standard InChI is InChI=1S/C20H29N5O.ClH/c1-14(2)12-18(17-7-5-4-6-15(17)3)22-20(26)19-13-25(24-23-19)16-8-10-21-11-9-16;/h4-7,13-14,16,18,21H,8-12H2,1-3H3,(H,22,26);1H. The molecule has 148 valence electrons. The van der Waals surface area contributed by atoms with Crippen LogP contribution in [-0.2, 0) is 0 Å². The zero-order valence-electron chi connectivity index (χ0n) is 16.3. The third-order valence-electron chi connectivity index (χ3n) is 5.00. The lowest BCUT2D eigenvalue weighted by Crippen LogP contribution is -2.30. The van der Waals surface area contributed by atoms with Gasteiger partial charge in [-0.25, -0.2) is 4.68 Å². The Morgan fingerprint density at radius 1 is 1.30 bits per heavy atom. The van der Waals surface area contributed by atoms with Crippen molar-refractivity contribution in [1.29, 1.82) is 0 Å². The van der Waals surface area contributed by atoms with E-state index >= 15 is 0 Å². The van der Waals surface area contributed by atoms with Crippen molar-refractivity contribution in [2.24, 2.45) is 5.92 Å². The Bertz CT molecular complexity index is 739. The minimum absolute atomic E-state index is 0. The summed E-state index contributed by atoms with van der Waals surface area (Å²) in [5, 5.41) is 14.8. The zero-order valence-corrected chi connectivity index (χ0v) is 17.1. The molecule has 27 heavy (non-hydrogen) atoms. The highest BCUT2D eigenvalue weighted by Crippen LogP contribution is 2.24. The number of hydrogen-bond acceptors (Lipinski definition) is 4. The van der Waals surface area contributed by atoms with Crippen LogP contribution in [0.4, 0.5) is 0 Å². The topological polar surface area (TPSA) is 71.8 Å². The van der Waals surface area contributed by atoms with E-state index in [1.807, 2.05) is 16.8 Å². The van der Waals surface area contributed by atoms with Gasteiger partial charge in [-0.3, -0.25) is 4.79 Å². The Morgan fingerprint density at radius 3 is 2.67 bits per heavy atom. The molecule has 1 aliphatic rings. The van der Waals surface area contributed by atoms with Gasteiger partial charge >= 0.3 is 0 Å². The summed E-state index contributed by atoms with van der Waals surface area (Å²) in [5.41, 5.74) is 2.75. The van der Waals surface area contributed by atoms with Crippen LogP contribution in [0.15, 0.2) is 30.5 Å². The Kier molecular flexibility index (Phi) is 7.80. The van der Waals surface area contributed by atoms with Crippen molar-refractivity contribution in [3.63, 3.8) is 0 Å². The van der Waals surface area contributed by atoms with E-state index < -0.39 is 0 Å². The largest absolute Gasteiger partial charge is 0.344 e. The number of amides is 1. The minimum atomic E-state index is -0.154. The molecule has 0 saturated carbocycles. The van der Waals surface area contributed by atoms with Crippen molar-refractivity contribution < 1.29 is 4.79 Å². The molecule has 1 aromatic heterocycles. The van der Waals surface area contributed by atoms with Gasteiger partial charge in [0.25, 0.3) is 5.91 Å². The Hall–Kier alpha value is -1.92. The molecule has 2 N–H and O–H groups in total. The first-order chi connectivity index (χ1) is 12.5. The van der Waals surface area contributed by atoms with Crippen LogP contribution in [0.5, 0.6) is 0 Å². The Labute approximate surface area is 167 Å². The third kappa shape index (κ3) is 5.53. The van der Waals surface area contributed by atoms with Gasteiger partial charge in [0.1, 0.15) is 0 Å². The smallest absolute Gasteiger partial charge is 0.273 e. The average molecular weight is 392 g/mol. The molecule has 0 radical (unpaired) electrons. The van der Waals surface area contributed by atoms with E-state index in [0.717, 1.165) is 32.4 Å². The molecule has 1 amide bonds. The molecule has 0 bridgehead atoms. The zero-order chi connectivity index (χ0) is 18.5. The lowest BCUT2D eigenvalue weighted by atomic mass is 9.94. The molecule has 2 aromatic rings. The first kappa shape index (κ1) is 21.4. The maximum Gasteiger partial charge on any atom is 0.273 e. The number of carbonyl (C=O) groups is 1. The van der Waals surface area contributed by atoms with Crippen LogP contribution in [0, 0.1) is 12.8 Å². The summed E-state index contributed by atoms with van der Waals surface area (Å²) in [6.45, 7) is 8.39. The molecule has 6 nitrogen and oxygen atoms in total. The van der Waals surface area contributed by atoms with Crippen LogP contribution >= 0.6 is 12.4 Å². The maximum absolute atomic E-state index is 12.8. The van der Waals surface area contributed by atoms with Gasteiger partial charge in [-0.2, -0.15) is 0 Å². The summed E-state index contributed by atoms with van der Waals surface area (Å²) in [6, 6.07) is 8.53. The fraction of sp³-hybridized carbons (Fsp3) is 0.550. The number of aromatic nitrogens is 3. The molecule has 0 aliphatic carbocycles. The summed E-state index contributed by atoms with van der Waals surface area (Å²) < 4.78 is 1.85. The summed E-state index contributed by atoms with van der Waals surface area (Å²) in [7, 11) is 0. The second kappa shape index (κ2) is 9.85. The number of nitrogens with zero attached hydrogens (tertiary/aromatic N) is 3. The number of benzene rings is 1. The Balaban J connectivity index is 0.00000261. The van der Waals surface area contributed by atoms with Crippen molar-refractivity contribution in [2.75, 3.05) is 13.1 Å². The Morgan fingerprint density at radius 2 is 2.00 bits per heavy atom. The molecule has 7 heteroatoms. The van der Waals surface area contributed by atoms with Crippen molar-refractivity contribution in [3.8, 4) is 0 Å². The number of piperidine rings is 1. The number of nitrogens with one attached hydrogen (secondary N) is 2. The highest BCUT2D eigenvalue weighted by atomic mass is 35.5. The third-order valence-corrected chi connectivity index (χ3v) is 5.00. The lowest BCUT2D eigenvalue weighted by molar-refractivity contribution is 0.0926. The van der Waals surface area contributed by atoms with Gasteiger partial charge in [-0.15, -0.1) is 17.5 Å². The minimum Gasteiger partial charge on any atom is -0.344 e. The lowest BCUT2D eigenvalue weighted by Gasteiger charge is -2.22. The molecular weight excluding hydrogens is 362 g/mol. The van der Waals surface area contributed by atoms with E-state index in [1.54, 1.807) is 6.20 Å². The molecule has 1 unspecified atom stereocenters. The number of hydrogen-bond donors (Lipinski definition) is 2. The predicted molar refractivity (Wildman–Crippen MR) is 109 cm³/mol. The predicted octanol–water partition coefficient (Wildman–Crippen LogP) is 3.45. The molecule has 1 fully saturated rings. The van der Waals surface area contributed by atoms with Gasteiger partial charge in [-0.05, 0) is 56.3 Å². The SMILES string of the molecule is Cc1ccccc1C(CC(C)C)NC(=O)c1cn(C2CCNCC2)nn1.Cl. The maximum atomic E-state index is 12.8. The van der Waals surface area contributed by atoms with E-state index in [1.165, 1.54) is 11.1 Å². The number of carbonyl (C=O) groups excluding carboxylic acids is 1. The summed E-state index contributed by atoms with van der Waals surface area (Å²) in [4.78, 5) is 12.8. The molecule has 3 rings (SSSR count). The number of halogens is 1. The van der Waals surface area contributed by atoms with Crippen LogP contribution in [0.3, 0.4) is 0 Å². The van der Waals surface area contributed by atoms with Gasteiger partial charge in [0.05, 0.1) is 18.3 Å². The quantitative estimate of drug-likeness (QED) is 0.791. The first-order valence-electron chi connectivity index (χ1n) is 9.53. The molecular formula is C20H30ClN5O. The van der Waals surface area contributed by atoms with Crippen molar-refractivity contribution in [1.82, 2.24) is 25.6 Å². The van der Waals surface area contributed by atoms with Crippen LogP contribution < -0.4 is 10.6 Å². The van der Waals surface area contributed by atoms with Crippen molar-refractivity contribution >= 4 is 18.3 Å². The molecule has 1 atom stereocenters. The van der Waals surface area contributed by atoms with Crippen LogP contribution in [0.25, 0.3) is 0 Å². The second-order valence-electron chi connectivity index (χ2n) is 7.58. The van der Waals surface area contributed by atoms with Crippen molar-refractivity contribution in [2.45, 2.75) is 52.1 Å². The van der Waals surface area contributed by atoms with E-state index in [2.05, 4.69) is 53.8 Å². The summed E-state index contributed by atoms with van der Waals surface area (Å²) >= 11 is 0. The monoisotopic (exact) mass is 391 g/mol. The van der Waals surface area contributed by atoms with E-state index in [-0.39, 0.29) is 24.4 Å². The van der Waals surface area contributed by atoms with Gasteiger partial charge in [0.2, 0.25) is 0 Å². The summed E-state index contributed by atoms with van der Waals surface area (Å²) in [5.74, 6) is 0.324. The van der Waals surface area contributed by atoms with Gasteiger partial charge < -0.3 is 10.6 Å². The van der Waals surface area contributed by atoms with Crippen molar-refractivity contribution in [3.05, 3.63) is 47.3 Å². The molecule has 2 heterocycles. The highest BCUT2D eigenvalue weighted by molar-refractivity contribution is 5.92. The number of aryl methyl sites for hydroxylation is 1. The fourth-order valence-electron chi connectivity index (χ4n) is 3.58. The van der Waals surface area contributed by atoms with Crippen LogP contribution in [-0.4, -0.2) is 34.0 Å². The molecule has 0 spiro atoms. The summed E-state index contributed by atoms with van der Waals surface area (Å²) in [6.07, 6.45) is 4.71. The van der Waals surface area contributed by atoms with E-state index in [0.29, 0.717) is 17.7 Å².